The Kier molecular flexibility index (Phi) is 5.30. The Morgan fingerprint density at radius 1 is 1.25 bits per heavy atom. The topological polar surface area (TPSA) is 99.3 Å². The minimum absolute atomic E-state index is 0.371. The van der Waals surface area contributed by atoms with E-state index < -0.39 is 36.1 Å². The largest absolute Gasteiger partial charge is 0.480 e. The fraction of sp³-hybridized carbons (Fsp3) is 0.533. The predicted molar refractivity (Wildman–Crippen MR) is 77.9 cm³/mol. The monoisotopic (exact) mass is 346 g/mol. The number of aryl methyl sites for hydroxylation is 2. The lowest BCUT2D eigenvalue weighted by molar-refractivity contribution is -0.157. The average Bonchev–Trinajstić information content (AvgIpc) is 2.68. The van der Waals surface area contributed by atoms with Gasteiger partial charge in [0.2, 0.25) is 0 Å². The van der Waals surface area contributed by atoms with Gasteiger partial charge in [-0.1, -0.05) is 6.42 Å². The highest BCUT2D eigenvalue weighted by molar-refractivity contribution is 5.96. The van der Waals surface area contributed by atoms with Crippen molar-refractivity contribution in [1.29, 1.82) is 0 Å². The van der Waals surface area contributed by atoms with E-state index in [2.05, 4.69) is 4.98 Å². The number of pyridine rings is 1. The molecule has 3 N–H and O–H groups in total. The first-order chi connectivity index (χ1) is 11.2. The molecule has 132 valence electrons. The molecule has 6 nitrogen and oxygen atoms in total. The van der Waals surface area contributed by atoms with Crippen LogP contribution in [0.1, 0.15) is 47.3 Å². The lowest BCUT2D eigenvalue weighted by Gasteiger charge is -2.16. The van der Waals surface area contributed by atoms with Gasteiger partial charge in [0, 0.05) is 5.69 Å². The van der Waals surface area contributed by atoms with Crippen molar-refractivity contribution in [3.8, 4) is 0 Å². The third-order valence-electron chi connectivity index (χ3n) is 3.87. The van der Waals surface area contributed by atoms with Crippen molar-refractivity contribution in [3.63, 3.8) is 0 Å². The van der Waals surface area contributed by atoms with Crippen molar-refractivity contribution in [3.05, 3.63) is 33.2 Å². The molecule has 0 fully saturated rings. The molecular weight excluding hydrogens is 329 g/mol. The standard InChI is InChI=1S/C15H17F3N2O4/c16-15(17,18)7-11(14(23)24)20-13(22)9-6-8-4-2-1-3-5-10(8)19-12(9)21/h6,11H,1-5,7H2,(H,19,21)(H,20,22)(H,23,24). The number of aromatic nitrogens is 1. The van der Waals surface area contributed by atoms with E-state index in [4.69, 9.17) is 5.11 Å². The Labute approximate surface area is 135 Å². The normalized spacial score (nSPS) is 16.0. The van der Waals surface area contributed by atoms with Gasteiger partial charge in [-0.25, -0.2) is 4.79 Å². The molecule has 1 unspecified atom stereocenters. The lowest BCUT2D eigenvalue weighted by atomic mass is 10.1. The summed E-state index contributed by atoms with van der Waals surface area (Å²) in [6, 6.07) is -0.794. The Morgan fingerprint density at radius 2 is 1.92 bits per heavy atom. The van der Waals surface area contributed by atoms with E-state index >= 15 is 0 Å². The van der Waals surface area contributed by atoms with Crippen LogP contribution >= 0.6 is 0 Å². The number of halogens is 3. The zero-order valence-electron chi connectivity index (χ0n) is 12.7. The number of carboxylic acids is 1. The number of amides is 1. The fourth-order valence-corrected chi connectivity index (χ4v) is 2.69. The number of alkyl halides is 3. The van der Waals surface area contributed by atoms with Crippen LogP contribution in [0.25, 0.3) is 0 Å². The summed E-state index contributed by atoms with van der Waals surface area (Å²) in [5.74, 6) is -2.94. The van der Waals surface area contributed by atoms with Gasteiger partial charge in [0.1, 0.15) is 11.6 Å². The van der Waals surface area contributed by atoms with E-state index in [0.29, 0.717) is 12.8 Å². The van der Waals surface area contributed by atoms with Crippen LogP contribution in [0.3, 0.4) is 0 Å². The van der Waals surface area contributed by atoms with Gasteiger partial charge in [-0.3, -0.25) is 9.59 Å². The van der Waals surface area contributed by atoms with E-state index in [1.54, 1.807) is 5.32 Å². The Balaban J connectivity index is 2.24. The maximum absolute atomic E-state index is 12.4. The molecule has 24 heavy (non-hydrogen) atoms. The number of hydrogen-bond donors (Lipinski definition) is 3. The summed E-state index contributed by atoms with van der Waals surface area (Å²) >= 11 is 0. The smallest absolute Gasteiger partial charge is 0.391 e. The molecule has 1 atom stereocenters. The van der Waals surface area contributed by atoms with Crippen molar-refractivity contribution >= 4 is 11.9 Å². The highest BCUT2D eigenvalue weighted by Gasteiger charge is 2.36. The fourth-order valence-electron chi connectivity index (χ4n) is 2.69. The van der Waals surface area contributed by atoms with E-state index in [1.165, 1.54) is 6.07 Å². The molecule has 1 heterocycles. The van der Waals surface area contributed by atoms with Gasteiger partial charge < -0.3 is 15.4 Å². The minimum atomic E-state index is -4.75. The number of carbonyl (C=O) groups excluding carboxylic acids is 1. The number of H-pyrrole nitrogens is 1. The Morgan fingerprint density at radius 3 is 2.54 bits per heavy atom. The minimum Gasteiger partial charge on any atom is -0.480 e. The van der Waals surface area contributed by atoms with Gasteiger partial charge in [0.05, 0.1) is 6.42 Å². The van der Waals surface area contributed by atoms with Crippen molar-refractivity contribution in [2.75, 3.05) is 0 Å². The van der Waals surface area contributed by atoms with Gasteiger partial charge in [-0.05, 0) is 37.3 Å². The third-order valence-corrected chi connectivity index (χ3v) is 3.87. The van der Waals surface area contributed by atoms with Crippen LogP contribution in [-0.4, -0.2) is 34.2 Å². The molecule has 0 radical (unpaired) electrons. The van der Waals surface area contributed by atoms with Crippen molar-refractivity contribution in [1.82, 2.24) is 10.3 Å². The molecule has 0 saturated carbocycles. The van der Waals surface area contributed by atoms with Gasteiger partial charge >= 0.3 is 12.1 Å². The highest BCUT2D eigenvalue weighted by Crippen LogP contribution is 2.22. The molecule has 1 amide bonds. The molecule has 9 heteroatoms. The van der Waals surface area contributed by atoms with Gasteiger partial charge in [0.25, 0.3) is 11.5 Å². The molecular formula is C15H17F3N2O4. The molecule has 1 aliphatic rings. The van der Waals surface area contributed by atoms with Crippen LogP contribution in [0, 0.1) is 0 Å². The van der Waals surface area contributed by atoms with E-state index in [1.807, 2.05) is 0 Å². The summed E-state index contributed by atoms with van der Waals surface area (Å²) in [6.45, 7) is 0. The predicted octanol–water partition coefficient (Wildman–Crippen LogP) is 1.78. The van der Waals surface area contributed by atoms with Crippen LogP contribution < -0.4 is 10.9 Å². The number of carboxylic acid groups (broad SMARTS) is 1. The van der Waals surface area contributed by atoms with Gasteiger partial charge in [-0.2, -0.15) is 13.2 Å². The van der Waals surface area contributed by atoms with E-state index in [-0.39, 0.29) is 5.56 Å². The quantitative estimate of drug-likeness (QED) is 0.724. The maximum atomic E-state index is 12.4. The van der Waals surface area contributed by atoms with Crippen LogP contribution in [-0.2, 0) is 17.6 Å². The first kappa shape index (κ1) is 18.0. The second-order valence-corrected chi connectivity index (χ2v) is 5.76. The number of fused-ring (bicyclic) bond motifs is 1. The number of rotatable bonds is 4. The molecule has 1 aliphatic carbocycles. The molecule has 2 rings (SSSR count). The molecule has 0 saturated heterocycles. The number of nitrogens with one attached hydrogen (secondary N) is 2. The number of carbonyl (C=O) groups is 2. The molecule has 0 aliphatic heterocycles. The van der Waals surface area contributed by atoms with Crippen molar-refractivity contribution in [2.45, 2.75) is 50.7 Å². The third kappa shape index (κ3) is 4.59. The summed E-state index contributed by atoms with van der Waals surface area (Å²) < 4.78 is 37.2. The van der Waals surface area contributed by atoms with Crippen molar-refractivity contribution in [2.24, 2.45) is 0 Å². The second-order valence-electron chi connectivity index (χ2n) is 5.76. The molecule has 0 spiro atoms. The Hall–Kier alpha value is -2.32. The summed E-state index contributed by atoms with van der Waals surface area (Å²) in [7, 11) is 0. The summed E-state index contributed by atoms with van der Waals surface area (Å²) in [4.78, 5) is 37.6. The van der Waals surface area contributed by atoms with Crippen LogP contribution in [0.5, 0.6) is 0 Å². The maximum Gasteiger partial charge on any atom is 0.391 e. The summed E-state index contributed by atoms with van der Waals surface area (Å²) in [5, 5.41) is 10.6. The van der Waals surface area contributed by atoms with Gasteiger partial charge in [0.15, 0.2) is 0 Å². The second kappa shape index (κ2) is 7.06. The van der Waals surface area contributed by atoms with Gasteiger partial charge in [-0.15, -0.1) is 0 Å². The van der Waals surface area contributed by atoms with E-state index in [9.17, 15) is 27.6 Å². The molecule has 1 aromatic rings. The number of aromatic amines is 1. The molecule has 1 aromatic heterocycles. The SMILES string of the molecule is O=C(NC(CC(F)(F)F)C(=O)O)c1cc2c([nH]c1=O)CCCCC2. The number of aliphatic carboxylic acids is 1. The van der Waals surface area contributed by atoms with Crippen LogP contribution in [0.4, 0.5) is 13.2 Å². The summed E-state index contributed by atoms with van der Waals surface area (Å²) in [6.07, 6.45) is -2.39. The zero-order valence-corrected chi connectivity index (χ0v) is 12.7. The molecule has 0 bridgehead atoms. The van der Waals surface area contributed by atoms with E-state index in [0.717, 1.165) is 30.5 Å². The number of hydrogen-bond acceptors (Lipinski definition) is 3. The molecule has 0 aromatic carbocycles. The van der Waals surface area contributed by atoms with Crippen LogP contribution in [0.2, 0.25) is 0 Å². The lowest BCUT2D eigenvalue weighted by Crippen LogP contribution is -2.45. The first-order valence-corrected chi connectivity index (χ1v) is 7.53. The summed E-state index contributed by atoms with van der Waals surface area (Å²) in [5.41, 5.74) is 0.382. The zero-order chi connectivity index (χ0) is 17.9. The first-order valence-electron chi connectivity index (χ1n) is 7.53. The average molecular weight is 346 g/mol. The highest BCUT2D eigenvalue weighted by atomic mass is 19.4. The van der Waals surface area contributed by atoms with Crippen LogP contribution in [0.15, 0.2) is 10.9 Å². The Bertz CT molecular complexity index is 697. The van der Waals surface area contributed by atoms with Crippen molar-refractivity contribution < 1.29 is 27.9 Å².